The minimum atomic E-state index is -0.329. The van der Waals surface area contributed by atoms with Crippen LogP contribution in [0.5, 0.6) is 17.2 Å². The van der Waals surface area contributed by atoms with Gasteiger partial charge in [-0.3, -0.25) is 0 Å². The molecule has 3 aromatic rings. The first kappa shape index (κ1) is 20.4. The van der Waals surface area contributed by atoms with Gasteiger partial charge in [-0.05, 0) is 18.1 Å². The van der Waals surface area contributed by atoms with Gasteiger partial charge in [0, 0.05) is 19.2 Å². The highest BCUT2D eigenvalue weighted by molar-refractivity contribution is 5.83. The second-order valence-corrected chi connectivity index (χ2v) is 6.94. The lowest BCUT2D eigenvalue weighted by Gasteiger charge is -2.20. The number of phenols is 2. The number of anilines is 2. The first-order valence-corrected chi connectivity index (χ1v) is 9.12. The predicted molar refractivity (Wildman–Crippen MR) is 107 cm³/mol. The van der Waals surface area contributed by atoms with Crippen molar-refractivity contribution in [1.29, 1.82) is 0 Å². The molecule has 0 fully saturated rings. The zero-order chi connectivity index (χ0) is 21.1. The number of rotatable bonds is 8. The molecule has 2 heterocycles. The van der Waals surface area contributed by atoms with Crippen molar-refractivity contribution < 1.29 is 20.1 Å². The van der Waals surface area contributed by atoms with Crippen LogP contribution >= 0.6 is 0 Å². The summed E-state index contributed by atoms with van der Waals surface area (Å²) < 4.78 is 6.51. The highest BCUT2D eigenvalue weighted by Crippen LogP contribution is 2.38. The third-order valence-corrected chi connectivity index (χ3v) is 4.63. The number of hydrogen-bond donors (Lipinski definition) is 5. The molecule has 1 atom stereocenters. The molecule has 0 aliphatic heterocycles. The number of aryl methyl sites for hydroxylation is 1. The Bertz CT molecular complexity index is 1010. The molecule has 29 heavy (non-hydrogen) atoms. The first-order valence-electron chi connectivity index (χ1n) is 9.12. The number of nitrogens with one attached hydrogen (secondary N) is 2. The van der Waals surface area contributed by atoms with Crippen molar-refractivity contribution >= 4 is 22.9 Å². The number of nitrogens with zero attached hydrogens (tertiary/aromatic N) is 5. The van der Waals surface area contributed by atoms with Crippen LogP contribution in [0.3, 0.4) is 0 Å². The molecule has 0 spiro atoms. The molecule has 3 rings (SSSR count). The lowest BCUT2D eigenvalue weighted by atomic mass is 10.1. The number of aromatic hydroxyl groups is 2. The van der Waals surface area contributed by atoms with Crippen molar-refractivity contribution in [2.45, 2.75) is 26.4 Å². The summed E-state index contributed by atoms with van der Waals surface area (Å²) in [6.45, 7) is 4.07. The second-order valence-electron chi connectivity index (χ2n) is 6.94. The largest absolute Gasteiger partial charge is 0.504 e. The Hall–Kier alpha value is -3.34. The minimum Gasteiger partial charge on any atom is -0.504 e. The van der Waals surface area contributed by atoms with Crippen LogP contribution in [0, 0.1) is 5.92 Å². The summed E-state index contributed by atoms with van der Waals surface area (Å²) in [6, 6.07) is 2.98. The highest BCUT2D eigenvalue weighted by atomic mass is 16.5. The predicted octanol–water partition coefficient (Wildman–Crippen LogP) is 1.22. The fourth-order valence-electron chi connectivity index (χ4n) is 2.78. The standard InChI is InChI=1S/C18H25N7O4/c1-9(2)11(8-26)20-18-21-16(13-17(22-18)25(3)24-23-13)19-7-10-5-6-12(29-4)15(28)14(10)27/h5-6,9,11,26-28H,7-8H2,1-4H3,(H2,19,20,21,22). The van der Waals surface area contributed by atoms with Gasteiger partial charge in [0.1, 0.15) is 0 Å². The average molecular weight is 403 g/mol. The Labute approximate surface area is 167 Å². The van der Waals surface area contributed by atoms with E-state index in [1.54, 1.807) is 19.2 Å². The maximum absolute atomic E-state index is 10.2. The van der Waals surface area contributed by atoms with Gasteiger partial charge in [-0.2, -0.15) is 9.97 Å². The van der Waals surface area contributed by atoms with E-state index < -0.39 is 0 Å². The van der Waals surface area contributed by atoms with E-state index in [1.165, 1.54) is 11.8 Å². The number of phenolic OH excluding ortho intramolecular Hbond substituents is 2. The van der Waals surface area contributed by atoms with Gasteiger partial charge in [-0.25, -0.2) is 4.68 Å². The van der Waals surface area contributed by atoms with Crippen molar-refractivity contribution in [3.05, 3.63) is 17.7 Å². The van der Waals surface area contributed by atoms with E-state index in [9.17, 15) is 15.3 Å². The topological polar surface area (TPSA) is 150 Å². The zero-order valence-corrected chi connectivity index (χ0v) is 16.7. The molecule has 1 unspecified atom stereocenters. The van der Waals surface area contributed by atoms with Gasteiger partial charge in [0.05, 0.1) is 19.8 Å². The molecule has 0 aliphatic rings. The van der Waals surface area contributed by atoms with E-state index in [1.807, 2.05) is 13.8 Å². The van der Waals surface area contributed by atoms with Crippen molar-refractivity contribution in [2.75, 3.05) is 24.4 Å². The fraction of sp³-hybridized carbons (Fsp3) is 0.444. The Morgan fingerprint density at radius 1 is 1.17 bits per heavy atom. The number of fused-ring (bicyclic) bond motifs is 1. The second kappa shape index (κ2) is 8.35. The Kier molecular flexibility index (Phi) is 5.87. The summed E-state index contributed by atoms with van der Waals surface area (Å²) in [6.07, 6.45) is 0. The number of ether oxygens (including phenoxy) is 1. The molecule has 2 aromatic heterocycles. The highest BCUT2D eigenvalue weighted by Gasteiger charge is 2.18. The van der Waals surface area contributed by atoms with Gasteiger partial charge >= 0.3 is 0 Å². The molecule has 0 amide bonds. The van der Waals surface area contributed by atoms with E-state index in [2.05, 4.69) is 30.9 Å². The van der Waals surface area contributed by atoms with Crippen molar-refractivity contribution in [1.82, 2.24) is 25.0 Å². The van der Waals surface area contributed by atoms with Crippen LogP contribution < -0.4 is 15.4 Å². The molecular formula is C18H25N7O4. The molecule has 0 saturated carbocycles. The number of aliphatic hydroxyl groups excluding tert-OH is 1. The normalized spacial score (nSPS) is 12.3. The summed E-state index contributed by atoms with van der Waals surface area (Å²) in [5.74, 6) is 0.462. The van der Waals surface area contributed by atoms with Crippen LogP contribution in [0.25, 0.3) is 11.2 Å². The number of hydrogen-bond acceptors (Lipinski definition) is 10. The molecule has 0 aliphatic carbocycles. The lowest BCUT2D eigenvalue weighted by Crippen LogP contribution is -2.30. The van der Waals surface area contributed by atoms with Crippen LogP contribution in [0.1, 0.15) is 19.4 Å². The van der Waals surface area contributed by atoms with Gasteiger partial charge in [0.15, 0.2) is 28.5 Å². The molecule has 11 heteroatoms. The van der Waals surface area contributed by atoms with E-state index in [-0.39, 0.29) is 42.4 Å². The molecule has 156 valence electrons. The van der Waals surface area contributed by atoms with Gasteiger partial charge < -0.3 is 30.7 Å². The minimum absolute atomic E-state index is 0.0650. The Morgan fingerprint density at radius 3 is 2.59 bits per heavy atom. The fourth-order valence-corrected chi connectivity index (χ4v) is 2.78. The lowest BCUT2D eigenvalue weighted by molar-refractivity contribution is 0.248. The summed E-state index contributed by atoms with van der Waals surface area (Å²) in [4.78, 5) is 8.89. The van der Waals surface area contributed by atoms with E-state index in [0.29, 0.717) is 28.5 Å². The Morgan fingerprint density at radius 2 is 1.93 bits per heavy atom. The number of aliphatic hydroxyl groups is 1. The van der Waals surface area contributed by atoms with E-state index in [0.717, 1.165) is 0 Å². The molecule has 5 N–H and O–H groups in total. The van der Waals surface area contributed by atoms with Crippen molar-refractivity contribution in [3.63, 3.8) is 0 Å². The van der Waals surface area contributed by atoms with Crippen LogP contribution in [-0.4, -0.2) is 60.0 Å². The van der Waals surface area contributed by atoms with Crippen LogP contribution in [0.15, 0.2) is 12.1 Å². The number of aromatic nitrogens is 5. The maximum atomic E-state index is 10.2. The van der Waals surface area contributed by atoms with E-state index in [4.69, 9.17) is 4.74 Å². The van der Waals surface area contributed by atoms with Gasteiger partial charge in [0.25, 0.3) is 0 Å². The van der Waals surface area contributed by atoms with Crippen LogP contribution in [0.2, 0.25) is 0 Å². The summed E-state index contributed by atoms with van der Waals surface area (Å²) in [5, 5.41) is 44.1. The third kappa shape index (κ3) is 4.09. The average Bonchev–Trinajstić information content (AvgIpc) is 3.08. The summed E-state index contributed by atoms with van der Waals surface area (Å²) in [7, 11) is 3.12. The Balaban J connectivity index is 1.91. The van der Waals surface area contributed by atoms with Crippen LogP contribution in [0.4, 0.5) is 11.8 Å². The first-order chi connectivity index (χ1) is 13.8. The molecule has 11 nitrogen and oxygen atoms in total. The molecule has 0 saturated heterocycles. The monoisotopic (exact) mass is 403 g/mol. The third-order valence-electron chi connectivity index (χ3n) is 4.63. The maximum Gasteiger partial charge on any atom is 0.227 e. The molecule has 1 aromatic carbocycles. The van der Waals surface area contributed by atoms with Crippen molar-refractivity contribution in [2.24, 2.45) is 13.0 Å². The zero-order valence-electron chi connectivity index (χ0n) is 16.7. The quantitative estimate of drug-likeness (QED) is 0.347. The molecule has 0 bridgehead atoms. The van der Waals surface area contributed by atoms with Gasteiger partial charge in [0.2, 0.25) is 11.7 Å². The number of benzene rings is 1. The van der Waals surface area contributed by atoms with Crippen LogP contribution in [-0.2, 0) is 13.6 Å². The summed E-state index contributed by atoms with van der Waals surface area (Å²) >= 11 is 0. The van der Waals surface area contributed by atoms with Crippen molar-refractivity contribution in [3.8, 4) is 17.2 Å². The number of methoxy groups -OCH3 is 1. The summed E-state index contributed by atoms with van der Waals surface area (Å²) in [5.41, 5.74) is 1.41. The SMILES string of the molecule is COc1ccc(CNc2nc(NC(CO)C(C)C)nc3c2nnn3C)c(O)c1O. The molecular weight excluding hydrogens is 378 g/mol. The smallest absolute Gasteiger partial charge is 0.227 e. The van der Waals surface area contributed by atoms with Gasteiger partial charge in [-0.15, -0.1) is 5.10 Å². The van der Waals surface area contributed by atoms with Gasteiger partial charge in [-0.1, -0.05) is 19.1 Å². The van der Waals surface area contributed by atoms with E-state index >= 15 is 0 Å². The molecule has 0 radical (unpaired) electrons.